The van der Waals surface area contributed by atoms with Crippen LogP contribution in [0.25, 0.3) is 21.7 Å². The van der Waals surface area contributed by atoms with Crippen molar-refractivity contribution in [1.29, 1.82) is 0 Å². The van der Waals surface area contributed by atoms with E-state index in [0.29, 0.717) is 11.3 Å². The van der Waals surface area contributed by atoms with Gasteiger partial charge in [-0.25, -0.2) is 0 Å². The van der Waals surface area contributed by atoms with Gasteiger partial charge in [0.15, 0.2) is 0 Å². The lowest BCUT2D eigenvalue weighted by molar-refractivity contribution is 0.103. The van der Waals surface area contributed by atoms with Crippen molar-refractivity contribution in [2.24, 2.45) is 7.05 Å². The zero-order valence-corrected chi connectivity index (χ0v) is 12.9. The molecular formula is C19H15N3O. The molecule has 4 heteroatoms. The molecule has 0 saturated heterocycles. The molecule has 0 aliphatic heterocycles. The highest BCUT2D eigenvalue weighted by Crippen LogP contribution is 2.28. The minimum absolute atomic E-state index is 0.0307. The van der Waals surface area contributed by atoms with Gasteiger partial charge in [-0.05, 0) is 24.4 Å². The first kappa shape index (κ1) is 13.6. The number of nitrogens with zero attached hydrogens (tertiary/aromatic N) is 3. The first-order valence-corrected chi connectivity index (χ1v) is 7.47. The van der Waals surface area contributed by atoms with E-state index >= 15 is 0 Å². The van der Waals surface area contributed by atoms with Gasteiger partial charge in [-0.2, -0.15) is 5.10 Å². The Balaban J connectivity index is 2.05. The molecule has 2 heterocycles. The van der Waals surface area contributed by atoms with Crippen molar-refractivity contribution >= 4 is 27.5 Å². The van der Waals surface area contributed by atoms with Crippen LogP contribution < -0.4 is 0 Å². The summed E-state index contributed by atoms with van der Waals surface area (Å²) in [5.41, 5.74) is 2.91. The van der Waals surface area contributed by atoms with Gasteiger partial charge in [0, 0.05) is 29.6 Å². The lowest BCUT2D eigenvalue weighted by Gasteiger charge is -2.08. The lowest BCUT2D eigenvalue weighted by atomic mass is 9.98. The van der Waals surface area contributed by atoms with E-state index in [2.05, 4.69) is 10.1 Å². The van der Waals surface area contributed by atoms with E-state index in [4.69, 9.17) is 0 Å². The summed E-state index contributed by atoms with van der Waals surface area (Å²) in [5, 5.41) is 7.25. The van der Waals surface area contributed by atoms with Gasteiger partial charge in [0.2, 0.25) is 5.78 Å². The molecule has 0 bridgehead atoms. The number of aryl methyl sites for hydroxylation is 2. The first-order chi connectivity index (χ1) is 11.1. The molecule has 0 spiro atoms. The van der Waals surface area contributed by atoms with Gasteiger partial charge in [0.25, 0.3) is 0 Å². The van der Waals surface area contributed by atoms with E-state index in [0.717, 1.165) is 27.4 Å². The monoisotopic (exact) mass is 301 g/mol. The van der Waals surface area contributed by atoms with Crippen molar-refractivity contribution in [2.45, 2.75) is 6.92 Å². The summed E-state index contributed by atoms with van der Waals surface area (Å²) >= 11 is 0. The molecule has 4 rings (SSSR count). The van der Waals surface area contributed by atoms with Crippen LogP contribution in [0.4, 0.5) is 0 Å². The van der Waals surface area contributed by atoms with Crippen LogP contribution in [0, 0.1) is 6.92 Å². The summed E-state index contributed by atoms with van der Waals surface area (Å²) < 4.78 is 1.63. The first-order valence-electron chi connectivity index (χ1n) is 7.47. The summed E-state index contributed by atoms with van der Waals surface area (Å²) in [6, 6.07) is 15.5. The Bertz CT molecular complexity index is 1060. The number of fused-ring (bicyclic) bond motifs is 3. The molecule has 0 radical (unpaired) electrons. The van der Waals surface area contributed by atoms with Gasteiger partial charge >= 0.3 is 0 Å². The number of ketones is 1. The van der Waals surface area contributed by atoms with Crippen molar-refractivity contribution in [3.63, 3.8) is 0 Å². The fourth-order valence-electron chi connectivity index (χ4n) is 3.06. The molecular weight excluding hydrogens is 286 g/mol. The average Bonchev–Trinajstić information content (AvgIpc) is 2.92. The highest BCUT2D eigenvalue weighted by molar-refractivity contribution is 6.21. The van der Waals surface area contributed by atoms with Crippen LogP contribution in [0.15, 0.2) is 54.7 Å². The van der Waals surface area contributed by atoms with Crippen molar-refractivity contribution in [1.82, 2.24) is 14.8 Å². The highest BCUT2D eigenvalue weighted by Gasteiger charge is 2.18. The van der Waals surface area contributed by atoms with Crippen molar-refractivity contribution in [2.75, 3.05) is 0 Å². The zero-order chi connectivity index (χ0) is 16.0. The molecule has 2 aromatic heterocycles. The molecule has 2 aromatic carbocycles. The molecule has 4 aromatic rings. The number of pyridine rings is 1. The van der Waals surface area contributed by atoms with Crippen molar-refractivity contribution in [3.8, 4) is 0 Å². The smallest absolute Gasteiger partial charge is 0.211 e. The quantitative estimate of drug-likeness (QED) is 0.419. The van der Waals surface area contributed by atoms with E-state index in [-0.39, 0.29) is 5.78 Å². The SMILES string of the molecule is Cc1cc(C(=O)c2cccc3ncc4ccccc4c23)n(C)n1. The van der Waals surface area contributed by atoms with Gasteiger partial charge < -0.3 is 0 Å². The third-order valence-corrected chi connectivity index (χ3v) is 4.09. The molecule has 0 N–H and O–H groups in total. The van der Waals surface area contributed by atoms with E-state index in [1.54, 1.807) is 11.7 Å². The predicted molar refractivity (Wildman–Crippen MR) is 90.6 cm³/mol. The molecule has 0 fully saturated rings. The maximum Gasteiger partial charge on any atom is 0.211 e. The number of benzene rings is 2. The second-order valence-corrected chi connectivity index (χ2v) is 5.67. The second kappa shape index (κ2) is 5.02. The maximum atomic E-state index is 13.0. The molecule has 0 aliphatic carbocycles. The molecule has 0 amide bonds. The van der Waals surface area contributed by atoms with Gasteiger partial charge in [-0.15, -0.1) is 0 Å². The topological polar surface area (TPSA) is 47.8 Å². The number of hydrogen-bond donors (Lipinski definition) is 0. The van der Waals surface area contributed by atoms with Crippen LogP contribution in [0.2, 0.25) is 0 Å². The number of aromatic nitrogens is 3. The summed E-state index contributed by atoms with van der Waals surface area (Å²) in [6.45, 7) is 1.89. The van der Waals surface area contributed by atoms with E-state index in [9.17, 15) is 4.79 Å². The minimum atomic E-state index is -0.0307. The Kier molecular flexibility index (Phi) is 2.98. The summed E-state index contributed by atoms with van der Waals surface area (Å²) in [7, 11) is 1.79. The Hall–Kier alpha value is -3.01. The molecule has 112 valence electrons. The highest BCUT2D eigenvalue weighted by atomic mass is 16.1. The van der Waals surface area contributed by atoms with Crippen LogP contribution in [-0.4, -0.2) is 20.5 Å². The van der Waals surface area contributed by atoms with Crippen molar-refractivity contribution in [3.05, 3.63) is 71.7 Å². The van der Waals surface area contributed by atoms with Crippen LogP contribution in [0.3, 0.4) is 0 Å². The molecule has 0 saturated carbocycles. The van der Waals surface area contributed by atoms with E-state index in [1.807, 2.05) is 61.7 Å². The van der Waals surface area contributed by atoms with E-state index < -0.39 is 0 Å². The number of hydrogen-bond acceptors (Lipinski definition) is 3. The minimum Gasteiger partial charge on any atom is -0.287 e. The number of carbonyl (C=O) groups is 1. The zero-order valence-electron chi connectivity index (χ0n) is 12.9. The number of carbonyl (C=O) groups excluding carboxylic acids is 1. The van der Waals surface area contributed by atoms with Crippen LogP contribution >= 0.6 is 0 Å². The standard InChI is InChI=1S/C19H15N3O/c1-12-10-17(22(2)21-12)19(23)15-8-5-9-16-18(15)14-7-4-3-6-13(14)11-20-16/h3-11H,1-2H3. The Morgan fingerprint density at radius 3 is 2.70 bits per heavy atom. The Morgan fingerprint density at radius 1 is 1.09 bits per heavy atom. The third-order valence-electron chi connectivity index (χ3n) is 4.09. The van der Waals surface area contributed by atoms with E-state index in [1.165, 1.54) is 0 Å². The summed E-state index contributed by atoms with van der Waals surface area (Å²) in [6.07, 6.45) is 1.85. The Labute approximate surface area is 133 Å². The molecule has 4 nitrogen and oxygen atoms in total. The van der Waals surface area contributed by atoms with Crippen LogP contribution in [-0.2, 0) is 7.05 Å². The second-order valence-electron chi connectivity index (χ2n) is 5.67. The van der Waals surface area contributed by atoms with Gasteiger partial charge in [0.1, 0.15) is 5.69 Å². The van der Waals surface area contributed by atoms with Crippen molar-refractivity contribution < 1.29 is 4.79 Å². The molecule has 0 atom stereocenters. The predicted octanol–water partition coefficient (Wildman–Crippen LogP) is 3.66. The lowest BCUT2D eigenvalue weighted by Crippen LogP contribution is -2.09. The van der Waals surface area contributed by atoms with Crippen LogP contribution in [0.5, 0.6) is 0 Å². The molecule has 0 aliphatic rings. The Morgan fingerprint density at radius 2 is 1.91 bits per heavy atom. The average molecular weight is 301 g/mol. The third kappa shape index (κ3) is 2.11. The maximum absolute atomic E-state index is 13.0. The molecule has 0 unspecified atom stereocenters. The fraction of sp³-hybridized carbons (Fsp3) is 0.105. The van der Waals surface area contributed by atoms with Gasteiger partial charge in [-0.1, -0.05) is 36.4 Å². The van der Waals surface area contributed by atoms with Gasteiger partial charge in [0.05, 0.1) is 11.2 Å². The largest absolute Gasteiger partial charge is 0.287 e. The summed E-state index contributed by atoms with van der Waals surface area (Å²) in [4.78, 5) is 17.5. The molecule has 23 heavy (non-hydrogen) atoms. The fourth-order valence-corrected chi connectivity index (χ4v) is 3.06. The van der Waals surface area contributed by atoms with Crippen LogP contribution in [0.1, 0.15) is 21.7 Å². The normalized spacial score (nSPS) is 11.2. The summed E-state index contributed by atoms with van der Waals surface area (Å²) in [5.74, 6) is -0.0307. The number of rotatable bonds is 2. The van der Waals surface area contributed by atoms with Gasteiger partial charge in [-0.3, -0.25) is 14.5 Å².